The average Bonchev–Trinajstić information content (AvgIpc) is 2.70. The van der Waals surface area contributed by atoms with E-state index in [1.165, 1.54) is 7.11 Å². The minimum Gasteiger partial charge on any atom is -0.496 e. The molecule has 1 aliphatic heterocycles. The van der Waals surface area contributed by atoms with Crippen LogP contribution in [0.3, 0.4) is 0 Å². The quantitative estimate of drug-likeness (QED) is 0.472. The van der Waals surface area contributed by atoms with Gasteiger partial charge in [0.25, 0.3) is 0 Å². The highest BCUT2D eigenvalue weighted by Gasteiger charge is 2.64. The maximum Gasteiger partial charge on any atom is 0.327 e. The van der Waals surface area contributed by atoms with Crippen LogP contribution in [0.1, 0.15) is 17.2 Å². The van der Waals surface area contributed by atoms with Gasteiger partial charge in [-0.25, -0.2) is 0 Å². The Morgan fingerprint density at radius 3 is 2.38 bits per heavy atom. The van der Waals surface area contributed by atoms with Crippen LogP contribution in [0.2, 0.25) is 0 Å². The van der Waals surface area contributed by atoms with E-state index in [0.29, 0.717) is 5.75 Å². The first-order valence-corrected chi connectivity index (χ1v) is 8.29. The number of likely N-dealkylation sites (tertiary alicyclic amines) is 1. The van der Waals surface area contributed by atoms with E-state index in [9.17, 15) is 9.59 Å². The van der Waals surface area contributed by atoms with Gasteiger partial charge in [-0.3, -0.25) is 9.59 Å². The van der Waals surface area contributed by atoms with Crippen LogP contribution >= 0.6 is 0 Å². The van der Waals surface area contributed by atoms with Gasteiger partial charge in [-0.2, -0.15) is 0 Å². The number of rotatable bonds is 5. The molecule has 5 nitrogen and oxygen atoms in total. The second-order valence-electron chi connectivity index (χ2n) is 6.17. The van der Waals surface area contributed by atoms with Gasteiger partial charge in [-0.15, -0.1) is 0 Å². The summed E-state index contributed by atoms with van der Waals surface area (Å²) in [6.45, 7) is 0. The van der Waals surface area contributed by atoms with E-state index < -0.39 is 17.4 Å². The lowest BCUT2D eigenvalue weighted by Gasteiger charge is -2.51. The van der Waals surface area contributed by atoms with E-state index in [0.717, 1.165) is 11.1 Å². The van der Waals surface area contributed by atoms with Crippen molar-refractivity contribution in [2.24, 2.45) is 5.41 Å². The molecule has 2 aromatic carbocycles. The molecule has 0 bridgehead atoms. The van der Waals surface area contributed by atoms with Crippen LogP contribution in [-0.4, -0.2) is 38.0 Å². The minimum absolute atomic E-state index is 0.299. The van der Waals surface area contributed by atoms with Gasteiger partial charge >= 0.3 is 5.97 Å². The van der Waals surface area contributed by atoms with Crippen LogP contribution < -0.4 is 4.74 Å². The van der Waals surface area contributed by atoms with Crippen molar-refractivity contribution in [1.29, 1.82) is 0 Å². The number of hydrogen-bond acceptors (Lipinski definition) is 4. The predicted octanol–water partition coefficient (Wildman–Crippen LogP) is 3.08. The smallest absolute Gasteiger partial charge is 0.327 e. The Morgan fingerprint density at radius 2 is 1.73 bits per heavy atom. The zero-order valence-electron chi connectivity index (χ0n) is 15.0. The van der Waals surface area contributed by atoms with Gasteiger partial charge in [0.1, 0.15) is 5.75 Å². The van der Waals surface area contributed by atoms with Crippen molar-refractivity contribution in [2.75, 3.05) is 21.3 Å². The van der Waals surface area contributed by atoms with Gasteiger partial charge < -0.3 is 14.4 Å². The van der Waals surface area contributed by atoms with Gasteiger partial charge in [-0.1, -0.05) is 60.7 Å². The molecular formula is C21H21NO4. The van der Waals surface area contributed by atoms with Crippen LogP contribution in [-0.2, 0) is 14.3 Å². The van der Waals surface area contributed by atoms with Gasteiger partial charge in [0.15, 0.2) is 5.41 Å². The molecule has 26 heavy (non-hydrogen) atoms. The maximum atomic E-state index is 12.8. The summed E-state index contributed by atoms with van der Waals surface area (Å²) in [5.41, 5.74) is 0.255. The first kappa shape index (κ1) is 17.7. The molecule has 134 valence electrons. The van der Waals surface area contributed by atoms with Crippen LogP contribution in [0.15, 0.2) is 60.7 Å². The zero-order valence-corrected chi connectivity index (χ0v) is 15.0. The standard InChI is InChI=1S/C21H21NO4/c1-22-18(16-11-7-8-12-17(16)25-2)21(19(22)23,20(24)26-3)14-13-15-9-5-4-6-10-15/h4-14,18H,1-3H3/b14-13+/t18-,21+/m1/s1. The Kier molecular flexibility index (Phi) is 4.80. The van der Waals surface area contributed by atoms with Crippen molar-refractivity contribution in [3.05, 3.63) is 71.8 Å². The van der Waals surface area contributed by atoms with Gasteiger partial charge in [0.05, 0.1) is 20.3 Å². The summed E-state index contributed by atoms with van der Waals surface area (Å²) in [4.78, 5) is 27.1. The molecule has 0 unspecified atom stereocenters. The zero-order chi connectivity index (χ0) is 18.7. The number of amides is 1. The monoisotopic (exact) mass is 351 g/mol. The number of hydrogen-bond donors (Lipinski definition) is 0. The van der Waals surface area contributed by atoms with E-state index in [1.54, 1.807) is 31.2 Å². The summed E-state index contributed by atoms with van der Waals surface area (Å²) in [6.07, 6.45) is 3.43. The highest BCUT2D eigenvalue weighted by atomic mass is 16.5. The lowest BCUT2D eigenvalue weighted by atomic mass is 9.67. The summed E-state index contributed by atoms with van der Waals surface area (Å²) in [6, 6.07) is 16.4. The molecule has 1 saturated heterocycles. The summed E-state index contributed by atoms with van der Waals surface area (Å²) in [5.74, 6) is -0.255. The molecule has 1 heterocycles. The fourth-order valence-electron chi connectivity index (χ4n) is 3.50. The fourth-order valence-corrected chi connectivity index (χ4v) is 3.50. The lowest BCUT2D eigenvalue weighted by molar-refractivity contribution is -0.180. The Hall–Kier alpha value is -3.08. The number of carbonyl (C=O) groups excluding carboxylic acids is 2. The fraction of sp³-hybridized carbons (Fsp3) is 0.238. The molecule has 0 radical (unpaired) electrons. The number of nitrogens with zero attached hydrogens (tertiary/aromatic N) is 1. The van der Waals surface area contributed by atoms with E-state index in [-0.39, 0.29) is 5.91 Å². The minimum atomic E-state index is -1.41. The summed E-state index contributed by atoms with van der Waals surface area (Å²) < 4.78 is 10.5. The molecule has 1 amide bonds. The maximum absolute atomic E-state index is 12.8. The lowest BCUT2D eigenvalue weighted by Crippen LogP contribution is -2.64. The molecule has 2 aromatic rings. The first-order valence-electron chi connectivity index (χ1n) is 8.29. The molecule has 1 fully saturated rings. The Bertz CT molecular complexity index is 836. The predicted molar refractivity (Wildman–Crippen MR) is 98.4 cm³/mol. The largest absolute Gasteiger partial charge is 0.496 e. The molecule has 2 atom stereocenters. The molecule has 0 aliphatic carbocycles. The Morgan fingerprint density at radius 1 is 1.08 bits per heavy atom. The summed E-state index contributed by atoms with van der Waals surface area (Å²) >= 11 is 0. The number of para-hydroxylation sites is 1. The molecule has 1 aliphatic rings. The topological polar surface area (TPSA) is 55.8 Å². The molecular weight excluding hydrogens is 330 g/mol. The summed E-state index contributed by atoms with van der Waals surface area (Å²) in [5, 5.41) is 0. The Balaban J connectivity index is 2.11. The molecule has 0 spiro atoms. The van der Waals surface area contributed by atoms with Crippen LogP contribution in [0.5, 0.6) is 5.75 Å². The second-order valence-corrected chi connectivity index (χ2v) is 6.17. The average molecular weight is 351 g/mol. The van der Waals surface area contributed by atoms with E-state index >= 15 is 0 Å². The van der Waals surface area contributed by atoms with Crippen molar-refractivity contribution in [1.82, 2.24) is 4.90 Å². The number of methoxy groups -OCH3 is 2. The summed E-state index contributed by atoms with van der Waals surface area (Å²) in [7, 11) is 4.54. The van der Waals surface area contributed by atoms with Crippen molar-refractivity contribution in [2.45, 2.75) is 6.04 Å². The number of β-lactam (4-membered cyclic amide) rings is 1. The van der Waals surface area contributed by atoms with Crippen molar-refractivity contribution >= 4 is 18.0 Å². The third-order valence-corrected chi connectivity index (χ3v) is 4.79. The van der Waals surface area contributed by atoms with Gasteiger partial charge in [0.2, 0.25) is 5.91 Å². The van der Waals surface area contributed by atoms with Gasteiger partial charge in [-0.05, 0) is 11.6 Å². The highest BCUT2D eigenvalue weighted by molar-refractivity contribution is 6.11. The second kappa shape index (κ2) is 7.04. The normalized spacial score (nSPS) is 22.2. The number of carbonyl (C=O) groups is 2. The van der Waals surface area contributed by atoms with E-state index in [4.69, 9.17) is 9.47 Å². The SMILES string of the molecule is COC(=O)[C@]1(/C=C/c2ccccc2)C(=O)N(C)[C@@H]1c1ccccc1OC. The first-order chi connectivity index (χ1) is 12.6. The van der Waals surface area contributed by atoms with Crippen LogP contribution in [0.25, 0.3) is 6.08 Å². The molecule has 0 aromatic heterocycles. The number of esters is 1. The van der Waals surface area contributed by atoms with E-state index in [1.807, 2.05) is 54.6 Å². The highest BCUT2D eigenvalue weighted by Crippen LogP contribution is 2.53. The van der Waals surface area contributed by atoms with Crippen LogP contribution in [0.4, 0.5) is 0 Å². The molecule has 0 N–H and O–H groups in total. The molecule has 5 heteroatoms. The van der Waals surface area contributed by atoms with Crippen molar-refractivity contribution in [3.8, 4) is 5.75 Å². The third kappa shape index (κ3) is 2.65. The number of ether oxygens (including phenoxy) is 2. The number of benzene rings is 2. The van der Waals surface area contributed by atoms with E-state index in [2.05, 4.69) is 0 Å². The Labute approximate surface area is 152 Å². The van der Waals surface area contributed by atoms with Crippen molar-refractivity contribution in [3.63, 3.8) is 0 Å². The van der Waals surface area contributed by atoms with Crippen LogP contribution in [0, 0.1) is 5.41 Å². The molecule has 3 rings (SSSR count). The third-order valence-electron chi connectivity index (χ3n) is 4.79. The van der Waals surface area contributed by atoms with Gasteiger partial charge in [0, 0.05) is 12.6 Å². The molecule has 0 saturated carbocycles. The van der Waals surface area contributed by atoms with Crippen molar-refractivity contribution < 1.29 is 19.1 Å².